The summed E-state index contributed by atoms with van der Waals surface area (Å²) < 4.78 is 14.5. The maximum Gasteiger partial charge on any atom is 0.325 e. The van der Waals surface area contributed by atoms with Gasteiger partial charge in [-0.25, -0.2) is 13.9 Å². The molecular weight excluding hydrogens is 329 g/mol. The van der Waals surface area contributed by atoms with E-state index < -0.39 is 11.9 Å². The van der Waals surface area contributed by atoms with E-state index in [0.717, 1.165) is 10.5 Å². The molecule has 0 spiro atoms. The van der Waals surface area contributed by atoms with Gasteiger partial charge in [-0.3, -0.25) is 14.9 Å². The molecule has 0 bridgehead atoms. The van der Waals surface area contributed by atoms with Crippen LogP contribution in [0.15, 0.2) is 36.7 Å². The van der Waals surface area contributed by atoms with Crippen molar-refractivity contribution in [2.75, 3.05) is 20.1 Å². The summed E-state index contributed by atoms with van der Waals surface area (Å²) in [5.41, 5.74) is 1.48. The zero-order valence-electron chi connectivity index (χ0n) is 13.5. The number of hydrogen-bond donors (Lipinski definition) is 1. The van der Waals surface area contributed by atoms with Gasteiger partial charge in [-0.2, -0.15) is 5.10 Å². The van der Waals surface area contributed by atoms with E-state index in [1.165, 1.54) is 17.0 Å². The predicted molar refractivity (Wildman–Crippen MR) is 85.1 cm³/mol. The van der Waals surface area contributed by atoms with E-state index in [1.807, 2.05) is 0 Å². The van der Waals surface area contributed by atoms with E-state index in [1.54, 1.807) is 36.3 Å². The zero-order chi connectivity index (χ0) is 18.0. The van der Waals surface area contributed by atoms with Crippen molar-refractivity contribution in [1.29, 1.82) is 0 Å². The van der Waals surface area contributed by atoms with Crippen LogP contribution < -0.4 is 5.32 Å². The predicted octanol–water partition coefficient (Wildman–Crippen LogP) is 0.522. The molecular formula is C16H16FN5O3. The summed E-state index contributed by atoms with van der Waals surface area (Å²) >= 11 is 0. The van der Waals surface area contributed by atoms with Crippen LogP contribution in [0.4, 0.5) is 9.18 Å². The van der Waals surface area contributed by atoms with Gasteiger partial charge in [-0.05, 0) is 24.3 Å². The Morgan fingerprint density at radius 3 is 2.68 bits per heavy atom. The molecule has 0 aliphatic carbocycles. The molecule has 0 saturated carbocycles. The summed E-state index contributed by atoms with van der Waals surface area (Å²) in [6.07, 6.45) is 3.35. The van der Waals surface area contributed by atoms with Gasteiger partial charge in [0.2, 0.25) is 11.8 Å². The third-order valence-electron chi connectivity index (χ3n) is 3.77. The van der Waals surface area contributed by atoms with Crippen LogP contribution in [0.1, 0.15) is 5.56 Å². The van der Waals surface area contributed by atoms with Gasteiger partial charge in [0.05, 0.1) is 11.9 Å². The second-order valence-electron chi connectivity index (χ2n) is 5.73. The Morgan fingerprint density at radius 1 is 1.32 bits per heavy atom. The number of carbonyl (C=O) groups is 3. The van der Waals surface area contributed by atoms with Gasteiger partial charge >= 0.3 is 6.03 Å². The molecule has 1 aliphatic heterocycles. The van der Waals surface area contributed by atoms with E-state index in [-0.39, 0.29) is 24.8 Å². The number of rotatable bonds is 5. The molecule has 1 saturated heterocycles. The average Bonchev–Trinajstić information content (AvgIpc) is 3.14. The second-order valence-corrected chi connectivity index (χ2v) is 5.73. The molecule has 8 nitrogen and oxygen atoms in total. The van der Waals surface area contributed by atoms with E-state index in [2.05, 4.69) is 10.4 Å². The maximum atomic E-state index is 13.0. The average molecular weight is 345 g/mol. The Balaban J connectivity index is 1.60. The van der Waals surface area contributed by atoms with E-state index in [9.17, 15) is 18.8 Å². The Morgan fingerprint density at radius 2 is 2.04 bits per heavy atom. The molecule has 1 aromatic heterocycles. The van der Waals surface area contributed by atoms with Crippen molar-refractivity contribution in [3.05, 3.63) is 48.0 Å². The summed E-state index contributed by atoms with van der Waals surface area (Å²) in [6.45, 7) is 0.0184. The van der Waals surface area contributed by atoms with Gasteiger partial charge in [-0.1, -0.05) is 0 Å². The highest BCUT2D eigenvalue weighted by Gasteiger charge is 2.29. The van der Waals surface area contributed by atoms with Crippen molar-refractivity contribution in [3.63, 3.8) is 0 Å². The van der Waals surface area contributed by atoms with E-state index in [4.69, 9.17) is 0 Å². The lowest BCUT2D eigenvalue weighted by Gasteiger charge is -2.19. The summed E-state index contributed by atoms with van der Waals surface area (Å²) in [7, 11) is 1.60. The van der Waals surface area contributed by atoms with Crippen LogP contribution in [0.5, 0.6) is 0 Å². The fourth-order valence-electron chi connectivity index (χ4n) is 2.43. The van der Waals surface area contributed by atoms with Crippen LogP contribution in [-0.2, 0) is 16.1 Å². The molecule has 2 aromatic rings. The van der Waals surface area contributed by atoms with Crippen molar-refractivity contribution in [3.8, 4) is 5.69 Å². The highest BCUT2D eigenvalue weighted by molar-refractivity contribution is 6.03. The number of carbonyl (C=O) groups excluding carboxylic acids is 3. The monoisotopic (exact) mass is 345 g/mol. The van der Waals surface area contributed by atoms with Crippen molar-refractivity contribution in [2.45, 2.75) is 6.54 Å². The van der Waals surface area contributed by atoms with Crippen LogP contribution in [0.25, 0.3) is 5.69 Å². The number of likely N-dealkylation sites (N-methyl/N-ethyl adjacent to an activating group) is 1. The fraction of sp³-hybridized carbons (Fsp3) is 0.250. The van der Waals surface area contributed by atoms with Crippen LogP contribution in [0.3, 0.4) is 0 Å². The van der Waals surface area contributed by atoms with E-state index >= 15 is 0 Å². The second kappa shape index (κ2) is 6.71. The van der Waals surface area contributed by atoms with Crippen molar-refractivity contribution in [2.24, 2.45) is 0 Å². The van der Waals surface area contributed by atoms with E-state index in [0.29, 0.717) is 12.2 Å². The Kier molecular flexibility index (Phi) is 4.46. The van der Waals surface area contributed by atoms with Crippen molar-refractivity contribution in [1.82, 2.24) is 24.9 Å². The van der Waals surface area contributed by atoms with Crippen LogP contribution >= 0.6 is 0 Å². The first-order valence-electron chi connectivity index (χ1n) is 7.54. The maximum absolute atomic E-state index is 13.0. The molecule has 4 amide bonds. The first kappa shape index (κ1) is 16.6. The van der Waals surface area contributed by atoms with Crippen molar-refractivity contribution < 1.29 is 18.8 Å². The number of nitrogens with one attached hydrogen (secondary N) is 1. The molecule has 0 radical (unpaired) electrons. The number of amides is 4. The topological polar surface area (TPSA) is 87.5 Å². The number of urea groups is 1. The molecule has 3 rings (SSSR count). The molecule has 0 unspecified atom stereocenters. The summed E-state index contributed by atoms with van der Waals surface area (Å²) in [5, 5.41) is 6.31. The van der Waals surface area contributed by atoms with Crippen LogP contribution in [0, 0.1) is 5.82 Å². The molecule has 0 atom stereocenters. The standard InChI is InChI=1S/C16H16FN5O3/c1-20(15(24)10-21-9-14(23)19-16(21)25)7-11-6-18-22(8-11)13-4-2-12(17)3-5-13/h2-6,8H,7,9-10H2,1H3,(H,19,23,25). The highest BCUT2D eigenvalue weighted by Crippen LogP contribution is 2.11. The first-order valence-corrected chi connectivity index (χ1v) is 7.54. The lowest BCUT2D eigenvalue weighted by Crippen LogP contribution is -2.39. The van der Waals surface area contributed by atoms with Crippen LogP contribution in [-0.4, -0.2) is 57.6 Å². The number of nitrogens with zero attached hydrogens (tertiary/aromatic N) is 4. The number of aromatic nitrogens is 2. The highest BCUT2D eigenvalue weighted by atomic mass is 19.1. The lowest BCUT2D eigenvalue weighted by atomic mass is 10.3. The number of hydrogen-bond acceptors (Lipinski definition) is 4. The normalized spacial score (nSPS) is 13.9. The van der Waals surface area contributed by atoms with Gasteiger partial charge < -0.3 is 9.80 Å². The SMILES string of the molecule is CN(Cc1cnn(-c2ccc(F)cc2)c1)C(=O)CN1CC(=O)NC1=O. The minimum absolute atomic E-state index is 0.110. The van der Waals surface area contributed by atoms with Gasteiger partial charge in [-0.15, -0.1) is 0 Å². The van der Waals surface area contributed by atoms with Gasteiger partial charge in [0.15, 0.2) is 0 Å². The molecule has 1 fully saturated rings. The Hall–Kier alpha value is -3.23. The van der Waals surface area contributed by atoms with Gasteiger partial charge in [0.1, 0.15) is 18.9 Å². The summed E-state index contributed by atoms with van der Waals surface area (Å²) in [5.74, 6) is -1.04. The number of imide groups is 1. The minimum Gasteiger partial charge on any atom is -0.340 e. The smallest absolute Gasteiger partial charge is 0.325 e. The third kappa shape index (κ3) is 3.82. The number of benzene rings is 1. The Bertz CT molecular complexity index is 817. The molecule has 25 heavy (non-hydrogen) atoms. The Labute approximate surface area is 142 Å². The summed E-state index contributed by atoms with van der Waals surface area (Å²) in [4.78, 5) is 37.4. The van der Waals surface area contributed by atoms with Crippen molar-refractivity contribution >= 4 is 17.8 Å². The zero-order valence-corrected chi connectivity index (χ0v) is 13.5. The third-order valence-corrected chi connectivity index (χ3v) is 3.77. The fourth-order valence-corrected chi connectivity index (χ4v) is 2.43. The quantitative estimate of drug-likeness (QED) is 0.801. The van der Waals surface area contributed by atoms with Gasteiger partial charge in [0.25, 0.3) is 0 Å². The molecule has 1 aliphatic rings. The molecule has 130 valence electrons. The largest absolute Gasteiger partial charge is 0.340 e. The molecule has 2 heterocycles. The molecule has 1 N–H and O–H groups in total. The molecule has 1 aromatic carbocycles. The number of halogens is 1. The van der Waals surface area contributed by atoms with Gasteiger partial charge in [0, 0.05) is 25.4 Å². The van der Waals surface area contributed by atoms with Crippen LogP contribution in [0.2, 0.25) is 0 Å². The first-order chi connectivity index (χ1) is 11.9. The summed E-state index contributed by atoms with van der Waals surface area (Å²) in [6, 6.07) is 5.33. The lowest BCUT2D eigenvalue weighted by molar-refractivity contribution is -0.131. The molecule has 9 heteroatoms. The minimum atomic E-state index is -0.559.